The number of amidine groups is 2. The number of hydrazone groups is 1. The molecule has 9 nitrogen and oxygen atoms in total. The zero-order valence-electron chi connectivity index (χ0n) is 19.6. The van der Waals surface area contributed by atoms with E-state index in [1.807, 2.05) is 18.2 Å². The molecular weight excluding hydrogens is 514 g/mol. The zero-order chi connectivity index (χ0) is 25.8. The number of carbonyl (C=O) groups is 1. The Morgan fingerprint density at radius 3 is 2.62 bits per heavy atom. The highest BCUT2D eigenvalue weighted by Gasteiger charge is 2.36. The van der Waals surface area contributed by atoms with Gasteiger partial charge in [-0.05, 0) is 59.8 Å². The van der Waals surface area contributed by atoms with Crippen molar-refractivity contribution in [2.75, 3.05) is 20.3 Å². The molecule has 0 atom stereocenters. The van der Waals surface area contributed by atoms with Gasteiger partial charge in [0.15, 0.2) is 17.3 Å². The number of carbonyl (C=O) groups excluding carboxylic acids is 1. The van der Waals surface area contributed by atoms with Gasteiger partial charge in [-0.1, -0.05) is 29.8 Å². The first-order chi connectivity index (χ1) is 18.0. The van der Waals surface area contributed by atoms with E-state index >= 15 is 0 Å². The van der Waals surface area contributed by atoms with E-state index in [1.54, 1.807) is 54.9 Å². The van der Waals surface area contributed by atoms with Crippen molar-refractivity contribution in [3.8, 4) is 17.2 Å². The predicted molar refractivity (Wildman–Crippen MR) is 144 cm³/mol. The van der Waals surface area contributed by atoms with Gasteiger partial charge in [0.05, 0.1) is 17.7 Å². The number of aliphatic imine (C=N–C) groups is 1. The van der Waals surface area contributed by atoms with Gasteiger partial charge in [0.1, 0.15) is 24.0 Å². The number of para-hydroxylation sites is 1. The molecule has 11 heteroatoms. The van der Waals surface area contributed by atoms with Crippen molar-refractivity contribution in [1.29, 1.82) is 5.41 Å². The second-order valence-electron chi connectivity index (χ2n) is 7.70. The van der Waals surface area contributed by atoms with Gasteiger partial charge in [-0.2, -0.15) is 15.1 Å². The summed E-state index contributed by atoms with van der Waals surface area (Å²) in [6.45, 7) is 0.562. The molecule has 186 valence electrons. The van der Waals surface area contributed by atoms with E-state index in [9.17, 15) is 4.79 Å². The molecule has 2 aliphatic rings. The van der Waals surface area contributed by atoms with Crippen LogP contribution < -0.4 is 14.2 Å². The summed E-state index contributed by atoms with van der Waals surface area (Å²) in [5.74, 6) is 0.999. The Morgan fingerprint density at radius 1 is 1.05 bits per heavy atom. The van der Waals surface area contributed by atoms with Crippen LogP contribution in [0.4, 0.5) is 0 Å². The summed E-state index contributed by atoms with van der Waals surface area (Å²) in [6, 6.07) is 16.1. The van der Waals surface area contributed by atoms with Crippen molar-refractivity contribution in [1.82, 2.24) is 9.99 Å². The van der Waals surface area contributed by atoms with Crippen LogP contribution in [0.5, 0.6) is 17.2 Å². The maximum Gasteiger partial charge on any atom is 0.283 e. The molecule has 0 bridgehead atoms. The largest absolute Gasteiger partial charge is 0.493 e. The number of rotatable bonds is 8. The fraction of sp³-hybridized carbons (Fsp3) is 0.115. The Labute approximate surface area is 221 Å². The Morgan fingerprint density at radius 2 is 1.86 bits per heavy atom. The first-order valence-electron chi connectivity index (χ1n) is 11.1. The minimum atomic E-state index is -0.512. The molecule has 2 aliphatic heterocycles. The highest BCUT2D eigenvalue weighted by Crippen LogP contribution is 2.33. The number of aromatic nitrogens is 1. The Kier molecular flexibility index (Phi) is 7.20. The van der Waals surface area contributed by atoms with Gasteiger partial charge >= 0.3 is 0 Å². The number of amides is 1. The topological polar surface area (TPSA) is 109 Å². The van der Waals surface area contributed by atoms with Gasteiger partial charge in [0.25, 0.3) is 5.91 Å². The molecule has 0 aliphatic carbocycles. The number of thioether (sulfide) groups is 1. The normalized spacial score (nSPS) is 15.8. The van der Waals surface area contributed by atoms with Crippen LogP contribution in [-0.4, -0.2) is 52.3 Å². The molecule has 0 spiro atoms. The summed E-state index contributed by atoms with van der Waals surface area (Å²) >= 11 is 7.32. The van der Waals surface area contributed by atoms with Crippen LogP contribution in [0.1, 0.15) is 11.1 Å². The number of benzene rings is 2. The SMILES string of the molecule is COc1cc(/C=C2/C(=N)N3N=C(c4cccnc4)SC3=NC2=O)ccc1OCCOc1ccccc1Cl. The molecule has 0 saturated heterocycles. The molecule has 3 heterocycles. The third-order valence-corrected chi connectivity index (χ3v) is 6.57. The van der Waals surface area contributed by atoms with Crippen LogP contribution in [0, 0.1) is 5.41 Å². The van der Waals surface area contributed by atoms with Crippen molar-refractivity contribution in [3.63, 3.8) is 0 Å². The van der Waals surface area contributed by atoms with Crippen LogP contribution in [-0.2, 0) is 4.79 Å². The van der Waals surface area contributed by atoms with Gasteiger partial charge in [-0.3, -0.25) is 15.2 Å². The smallest absolute Gasteiger partial charge is 0.283 e. The highest BCUT2D eigenvalue weighted by atomic mass is 35.5. The van der Waals surface area contributed by atoms with Gasteiger partial charge in [0, 0.05) is 18.0 Å². The summed E-state index contributed by atoms with van der Waals surface area (Å²) in [6.07, 6.45) is 4.92. The van der Waals surface area contributed by atoms with Gasteiger partial charge in [0.2, 0.25) is 5.17 Å². The minimum Gasteiger partial charge on any atom is -0.493 e. The third kappa shape index (κ3) is 5.35. The first kappa shape index (κ1) is 24.5. The molecule has 1 N–H and O–H groups in total. The maximum atomic E-state index is 12.8. The lowest BCUT2D eigenvalue weighted by Crippen LogP contribution is -2.35. The van der Waals surface area contributed by atoms with E-state index in [4.69, 9.17) is 31.2 Å². The third-order valence-electron chi connectivity index (χ3n) is 5.30. The highest BCUT2D eigenvalue weighted by molar-refractivity contribution is 8.27. The van der Waals surface area contributed by atoms with Crippen LogP contribution in [0.2, 0.25) is 5.02 Å². The zero-order valence-corrected chi connectivity index (χ0v) is 21.1. The van der Waals surface area contributed by atoms with Crippen LogP contribution in [0.3, 0.4) is 0 Å². The Hall–Kier alpha value is -4.15. The van der Waals surface area contributed by atoms with Crippen molar-refractivity contribution >= 4 is 51.4 Å². The van der Waals surface area contributed by atoms with Crippen molar-refractivity contribution < 1.29 is 19.0 Å². The number of halogens is 1. The van der Waals surface area contributed by atoms with Gasteiger partial charge in [-0.25, -0.2) is 0 Å². The van der Waals surface area contributed by atoms with E-state index in [1.165, 1.54) is 23.9 Å². The monoisotopic (exact) mass is 533 g/mol. The molecule has 0 unspecified atom stereocenters. The standard InChI is InChI=1S/C26H20ClN5O4S/c1-34-22-14-16(8-9-21(22)36-12-11-35-20-7-3-2-6-19(20)27)13-18-23(28)32-26(30-24(18)33)37-25(31-32)17-5-4-10-29-15-17/h2-10,13-15,28H,11-12H2,1H3/b18-13-,28-23?. The summed E-state index contributed by atoms with van der Waals surface area (Å²) in [4.78, 5) is 21.0. The molecule has 2 aromatic carbocycles. The lowest BCUT2D eigenvalue weighted by molar-refractivity contribution is -0.114. The molecule has 1 amide bonds. The molecule has 0 fully saturated rings. The quantitative estimate of drug-likeness (QED) is 0.325. The predicted octanol–water partition coefficient (Wildman–Crippen LogP) is 4.87. The Bertz CT molecular complexity index is 1460. The molecule has 1 aromatic heterocycles. The van der Waals surface area contributed by atoms with Crippen LogP contribution in [0.25, 0.3) is 6.08 Å². The average Bonchev–Trinajstić information content (AvgIpc) is 3.35. The average molecular weight is 534 g/mol. The van der Waals surface area contributed by atoms with E-state index in [0.29, 0.717) is 44.7 Å². The number of nitrogens with one attached hydrogen (secondary N) is 1. The van der Waals surface area contributed by atoms with Crippen LogP contribution >= 0.6 is 23.4 Å². The molecule has 0 saturated carbocycles. The first-order valence-corrected chi connectivity index (χ1v) is 12.3. The maximum absolute atomic E-state index is 12.8. The number of methoxy groups -OCH3 is 1. The molecule has 3 aromatic rings. The second kappa shape index (κ2) is 10.9. The number of hydrogen-bond acceptors (Lipinski definition) is 8. The number of ether oxygens (including phenoxy) is 3. The van der Waals surface area contributed by atoms with E-state index in [-0.39, 0.29) is 18.0 Å². The number of fused-ring (bicyclic) bond motifs is 1. The molecule has 37 heavy (non-hydrogen) atoms. The number of pyridine rings is 1. The lowest BCUT2D eigenvalue weighted by Gasteiger charge is -2.20. The summed E-state index contributed by atoms with van der Waals surface area (Å²) in [5.41, 5.74) is 1.55. The van der Waals surface area contributed by atoms with E-state index in [0.717, 1.165) is 5.56 Å². The summed E-state index contributed by atoms with van der Waals surface area (Å²) in [7, 11) is 1.53. The van der Waals surface area contributed by atoms with Gasteiger partial charge < -0.3 is 14.2 Å². The van der Waals surface area contributed by atoms with Crippen molar-refractivity contribution in [2.24, 2.45) is 10.1 Å². The van der Waals surface area contributed by atoms with Crippen molar-refractivity contribution in [3.05, 3.63) is 88.7 Å². The fourth-order valence-electron chi connectivity index (χ4n) is 3.52. The molecule has 5 rings (SSSR count). The number of hydrogen-bond donors (Lipinski definition) is 1. The molecule has 0 radical (unpaired) electrons. The van der Waals surface area contributed by atoms with Gasteiger partial charge in [-0.15, -0.1) is 0 Å². The van der Waals surface area contributed by atoms with Crippen molar-refractivity contribution in [2.45, 2.75) is 0 Å². The second-order valence-corrected chi connectivity index (χ2v) is 9.07. The number of nitrogens with zero attached hydrogens (tertiary/aromatic N) is 4. The summed E-state index contributed by atoms with van der Waals surface area (Å²) < 4.78 is 16.9. The summed E-state index contributed by atoms with van der Waals surface area (Å²) in [5, 5.41) is 15.9. The van der Waals surface area contributed by atoms with E-state index in [2.05, 4.69) is 15.1 Å². The van der Waals surface area contributed by atoms with Crippen LogP contribution in [0.15, 0.2) is 82.7 Å². The van der Waals surface area contributed by atoms with E-state index < -0.39 is 5.91 Å². The lowest BCUT2D eigenvalue weighted by atomic mass is 10.1. The fourth-order valence-corrected chi connectivity index (χ4v) is 4.59. The Balaban J connectivity index is 1.29. The minimum absolute atomic E-state index is 0.0580. The molecular formula is C26H20ClN5O4S.